The van der Waals surface area contributed by atoms with Crippen molar-refractivity contribution in [3.05, 3.63) is 63.6 Å². The van der Waals surface area contributed by atoms with Crippen molar-refractivity contribution >= 4 is 15.9 Å². The second-order valence-corrected chi connectivity index (χ2v) is 4.83. The maximum absolute atomic E-state index is 8.87. The molecule has 0 bridgehead atoms. The predicted octanol–water partition coefficient (Wildman–Crippen LogP) is 4.21. The van der Waals surface area contributed by atoms with Gasteiger partial charge in [0.05, 0.1) is 11.6 Å². The second-order valence-electron chi connectivity index (χ2n) is 3.97. The van der Waals surface area contributed by atoms with Gasteiger partial charge in [-0.3, -0.25) is 0 Å². The van der Waals surface area contributed by atoms with Gasteiger partial charge in [-0.05, 0) is 30.7 Å². The van der Waals surface area contributed by atoms with Gasteiger partial charge in [-0.1, -0.05) is 40.2 Å². The van der Waals surface area contributed by atoms with Crippen molar-refractivity contribution in [3.8, 4) is 11.8 Å². The number of benzene rings is 2. The number of hydrogen-bond acceptors (Lipinski definition) is 2. The Kier molecular flexibility index (Phi) is 4.01. The van der Waals surface area contributed by atoms with Gasteiger partial charge in [0.2, 0.25) is 0 Å². The molecule has 2 nitrogen and oxygen atoms in total. The van der Waals surface area contributed by atoms with Crippen LogP contribution in [0.25, 0.3) is 0 Å². The molecule has 0 atom stereocenters. The standard InChI is InChI=1S/C15H12BrNO/c1-11-6-7-12(9-17)8-15(11)18-10-13-4-2-3-5-14(13)16/h2-8H,10H2,1H3. The van der Waals surface area contributed by atoms with E-state index >= 15 is 0 Å². The van der Waals surface area contributed by atoms with E-state index < -0.39 is 0 Å². The third-order valence-electron chi connectivity index (χ3n) is 2.66. The zero-order valence-corrected chi connectivity index (χ0v) is 11.6. The fraction of sp³-hybridized carbons (Fsp3) is 0.133. The molecule has 0 aliphatic rings. The van der Waals surface area contributed by atoms with Crippen LogP contribution in [0.2, 0.25) is 0 Å². The minimum absolute atomic E-state index is 0.483. The Morgan fingerprint density at radius 1 is 1.22 bits per heavy atom. The van der Waals surface area contributed by atoms with Crippen LogP contribution in [0.4, 0.5) is 0 Å². The summed E-state index contributed by atoms with van der Waals surface area (Å²) < 4.78 is 6.79. The first-order valence-electron chi connectivity index (χ1n) is 5.57. The fourth-order valence-corrected chi connectivity index (χ4v) is 2.00. The van der Waals surface area contributed by atoms with Gasteiger partial charge in [0.25, 0.3) is 0 Å². The molecule has 0 saturated heterocycles. The first-order valence-corrected chi connectivity index (χ1v) is 6.37. The Hall–Kier alpha value is -1.79. The molecule has 0 saturated carbocycles. The van der Waals surface area contributed by atoms with E-state index in [-0.39, 0.29) is 0 Å². The minimum atomic E-state index is 0.483. The summed E-state index contributed by atoms with van der Waals surface area (Å²) in [5.74, 6) is 0.754. The van der Waals surface area contributed by atoms with Gasteiger partial charge in [0, 0.05) is 10.0 Å². The molecule has 90 valence electrons. The normalized spacial score (nSPS) is 9.83. The number of aryl methyl sites for hydroxylation is 1. The van der Waals surface area contributed by atoms with Crippen molar-refractivity contribution in [2.24, 2.45) is 0 Å². The zero-order valence-electron chi connectivity index (χ0n) is 9.98. The summed E-state index contributed by atoms with van der Waals surface area (Å²) in [6, 6.07) is 15.5. The summed E-state index contributed by atoms with van der Waals surface area (Å²) in [6.45, 7) is 2.45. The van der Waals surface area contributed by atoms with Crippen molar-refractivity contribution in [1.29, 1.82) is 5.26 Å². The van der Waals surface area contributed by atoms with Crippen molar-refractivity contribution in [2.75, 3.05) is 0 Å². The molecule has 0 heterocycles. The van der Waals surface area contributed by atoms with E-state index in [1.54, 1.807) is 12.1 Å². The molecule has 0 radical (unpaired) electrons. The van der Waals surface area contributed by atoms with E-state index in [9.17, 15) is 0 Å². The molecule has 0 spiro atoms. The van der Waals surface area contributed by atoms with E-state index in [0.717, 1.165) is 21.3 Å². The Morgan fingerprint density at radius 3 is 2.72 bits per heavy atom. The summed E-state index contributed by atoms with van der Waals surface area (Å²) in [6.07, 6.45) is 0. The van der Waals surface area contributed by atoms with Gasteiger partial charge in [-0.25, -0.2) is 0 Å². The number of ether oxygens (including phenoxy) is 1. The van der Waals surface area contributed by atoms with E-state index in [1.807, 2.05) is 37.3 Å². The highest BCUT2D eigenvalue weighted by Crippen LogP contribution is 2.22. The molecule has 2 aromatic carbocycles. The average molecular weight is 302 g/mol. The highest BCUT2D eigenvalue weighted by molar-refractivity contribution is 9.10. The van der Waals surface area contributed by atoms with Gasteiger partial charge >= 0.3 is 0 Å². The maximum atomic E-state index is 8.87. The molecule has 0 amide bonds. The van der Waals surface area contributed by atoms with Crippen LogP contribution >= 0.6 is 15.9 Å². The lowest BCUT2D eigenvalue weighted by Crippen LogP contribution is -1.98. The first-order chi connectivity index (χ1) is 8.70. The Balaban J connectivity index is 2.16. The quantitative estimate of drug-likeness (QED) is 0.851. The highest BCUT2D eigenvalue weighted by Gasteiger charge is 2.04. The van der Waals surface area contributed by atoms with Crippen molar-refractivity contribution in [2.45, 2.75) is 13.5 Å². The zero-order chi connectivity index (χ0) is 13.0. The molecule has 0 aliphatic carbocycles. The van der Waals surface area contributed by atoms with Gasteiger partial charge in [-0.2, -0.15) is 5.26 Å². The predicted molar refractivity (Wildman–Crippen MR) is 74.4 cm³/mol. The van der Waals surface area contributed by atoms with Crippen molar-refractivity contribution in [1.82, 2.24) is 0 Å². The SMILES string of the molecule is Cc1ccc(C#N)cc1OCc1ccccc1Br. The van der Waals surface area contributed by atoms with Crippen LogP contribution in [0.5, 0.6) is 5.75 Å². The average Bonchev–Trinajstić information content (AvgIpc) is 2.39. The Labute approximate surface area is 115 Å². The molecule has 0 N–H and O–H groups in total. The third kappa shape index (κ3) is 2.91. The highest BCUT2D eigenvalue weighted by atomic mass is 79.9. The molecule has 0 unspecified atom stereocenters. The number of hydrogen-bond donors (Lipinski definition) is 0. The lowest BCUT2D eigenvalue weighted by Gasteiger charge is -2.10. The second kappa shape index (κ2) is 5.70. The fourth-order valence-electron chi connectivity index (χ4n) is 1.60. The third-order valence-corrected chi connectivity index (χ3v) is 3.43. The van der Waals surface area contributed by atoms with Crippen LogP contribution in [0, 0.1) is 18.3 Å². The first kappa shape index (κ1) is 12.7. The van der Waals surface area contributed by atoms with Crippen molar-refractivity contribution < 1.29 is 4.74 Å². The van der Waals surface area contributed by atoms with Crippen molar-refractivity contribution in [3.63, 3.8) is 0 Å². The maximum Gasteiger partial charge on any atom is 0.124 e. The molecular weight excluding hydrogens is 290 g/mol. The van der Waals surface area contributed by atoms with E-state index in [0.29, 0.717) is 12.2 Å². The van der Waals surface area contributed by atoms with E-state index in [1.165, 1.54) is 0 Å². The van der Waals surface area contributed by atoms with Crippen LogP contribution < -0.4 is 4.74 Å². The van der Waals surface area contributed by atoms with Crippen LogP contribution in [0.15, 0.2) is 46.9 Å². The molecule has 0 aromatic heterocycles. The van der Waals surface area contributed by atoms with Gasteiger partial charge in [0.15, 0.2) is 0 Å². The molecule has 2 aromatic rings. The van der Waals surface area contributed by atoms with Gasteiger partial charge < -0.3 is 4.74 Å². The molecule has 18 heavy (non-hydrogen) atoms. The molecule has 3 heteroatoms. The van der Waals surface area contributed by atoms with Gasteiger partial charge in [-0.15, -0.1) is 0 Å². The number of nitriles is 1. The Bertz CT molecular complexity index is 602. The summed E-state index contributed by atoms with van der Waals surface area (Å²) in [5.41, 5.74) is 2.73. The van der Waals surface area contributed by atoms with E-state index in [2.05, 4.69) is 22.0 Å². The molecule has 0 fully saturated rings. The monoisotopic (exact) mass is 301 g/mol. The topological polar surface area (TPSA) is 33.0 Å². The van der Waals surface area contributed by atoms with Crippen LogP contribution in [0.1, 0.15) is 16.7 Å². The lowest BCUT2D eigenvalue weighted by molar-refractivity contribution is 0.303. The smallest absolute Gasteiger partial charge is 0.124 e. The molecular formula is C15H12BrNO. The summed E-state index contributed by atoms with van der Waals surface area (Å²) in [7, 11) is 0. The number of nitrogens with zero attached hydrogens (tertiary/aromatic N) is 1. The number of halogens is 1. The van der Waals surface area contributed by atoms with Crippen LogP contribution in [-0.4, -0.2) is 0 Å². The van der Waals surface area contributed by atoms with Crippen LogP contribution in [0.3, 0.4) is 0 Å². The number of rotatable bonds is 3. The summed E-state index contributed by atoms with van der Waals surface area (Å²) in [5, 5.41) is 8.87. The lowest BCUT2D eigenvalue weighted by atomic mass is 10.1. The summed E-state index contributed by atoms with van der Waals surface area (Å²) >= 11 is 3.48. The van der Waals surface area contributed by atoms with Gasteiger partial charge in [0.1, 0.15) is 12.4 Å². The minimum Gasteiger partial charge on any atom is -0.489 e. The molecule has 0 aliphatic heterocycles. The van der Waals surface area contributed by atoms with E-state index in [4.69, 9.17) is 10.00 Å². The molecule has 2 rings (SSSR count). The summed E-state index contributed by atoms with van der Waals surface area (Å²) in [4.78, 5) is 0. The van der Waals surface area contributed by atoms with Crippen LogP contribution in [-0.2, 0) is 6.61 Å². The largest absolute Gasteiger partial charge is 0.489 e. The Morgan fingerprint density at radius 2 is 2.00 bits per heavy atom.